The third-order valence-electron chi connectivity index (χ3n) is 3.38. The number of halogens is 1. The van der Waals surface area contributed by atoms with Crippen molar-refractivity contribution in [2.45, 2.75) is 12.5 Å². The number of carbonyl (C=O) groups is 1. The third kappa shape index (κ3) is 2.87. The fraction of sp³-hybridized carbons (Fsp3) is 0.188. The average Bonchev–Trinajstić information content (AvgIpc) is 2.45. The summed E-state index contributed by atoms with van der Waals surface area (Å²) in [6.07, 6.45) is 0.0427. The highest BCUT2D eigenvalue weighted by Crippen LogP contribution is 2.28. The van der Waals surface area contributed by atoms with Gasteiger partial charge in [-0.2, -0.15) is 0 Å². The van der Waals surface area contributed by atoms with Crippen LogP contribution in [0.4, 0.5) is 10.1 Å². The van der Waals surface area contributed by atoms with Gasteiger partial charge in [0.05, 0.1) is 6.61 Å². The second-order valence-corrected chi connectivity index (χ2v) is 4.89. The number of amides is 1. The van der Waals surface area contributed by atoms with Crippen LogP contribution in [0.25, 0.3) is 0 Å². The first-order chi connectivity index (χ1) is 10.1. The molecular formula is C16H14FNO3. The van der Waals surface area contributed by atoms with Gasteiger partial charge < -0.3 is 15.2 Å². The predicted molar refractivity (Wildman–Crippen MR) is 75.5 cm³/mol. The first-order valence-corrected chi connectivity index (χ1v) is 6.63. The smallest absolute Gasteiger partial charge is 0.258 e. The topological polar surface area (TPSA) is 58.6 Å². The monoisotopic (exact) mass is 287 g/mol. The molecule has 0 spiro atoms. The Labute approximate surface area is 121 Å². The van der Waals surface area contributed by atoms with Gasteiger partial charge in [0, 0.05) is 17.8 Å². The molecule has 2 aromatic rings. The van der Waals surface area contributed by atoms with Crippen molar-refractivity contribution < 1.29 is 19.0 Å². The van der Waals surface area contributed by atoms with E-state index >= 15 is 0 Å². The lowest BCUT2D eigenvalue weighted by Crippen LogP contribution is -2.28. The molecule has 21 heavy (non-hydrogen) atoms. The normalized spacial score (nSPS) is 17.1. The van der Waals surface area contributed by atoms with Crippen LogP contribution in [-0.2, 0) is 16.0 Å². The van der Waals surface area contributed by atoms with Gasteiger partial charge in [-0.05, 0) is 23.6 Å². The summed E-state index contributed by atoms with van der Waals surface area (Å²) in [4.78, 5) is 12.3. The molecule has 5 heteroatoms. The lowest BCUT2D eigenvalue weighted by molar-refractivity contribution is -0.128. The van der Waals surface area contributed by atoms with Crippen molar-refractivity contribution in [1.29, 1.82) is 0 Å². The Balaban J connectivity index is 1.83. The molecule has 4 nitrogen and oxygen atoms in total. The molecule has 1 amide bonds. The summed E-state index contributed by atoms with van der Waals surface area (Å²) >= 11 is 0. The molecule has 1 unspecified atom stereocenters. The Bertz CT molecular complexity index is 667. The second kappa shape index (κ2) is 5.54. The van der Waals surface area contributed by atoms with Gasteiger partial charge in [-0.15, -0.1) is 0 Å². The summed E-state index contributed by atoms with van der Waals surface area (Å²) in [7, 11) is 0. The van der Waals surface area contributed by atoms with Gasteiger partial charge in [0.1, 0.15) is 11.6 Å². The maximum atomic E-state index is 13.2. The molecule has 1 atom stereocenters. The largest absolute Gasteiger partial charge is 0.508 e. The maximum absolute atomic E-state index is 13.2. The number of hydrogen-bond acceptors (Lipinski definition) is 3. The van der Waals surface area contributed by atoms with E-state index in [1.54, 1.807) is 0 Å². The van der Waals surface area contributed by atoms with Crippen molar-refractivity contribution in [2.75, 3.05) is 11.9 Å². The Morgan fingerprint density at radius 1 is 1.29 bits per heavy atom. The maximum Gasteiger partial charge on any atom is 0.258 e. The molecule has 0 saturated carbocycles. The Kier molecular flexibility index (Phi) is 3.58. The van der Waals surface area contributed by atoms with Crippen LogP contribution in [-0.4, -0.2) is 17.6 Å². The number of ether oxygens (including phenoxy) is 1. The Hall–Kier alpha value is -2.40. The van der Waals surface area contributed by atoms with Gasteiger partial charge in [0.25, 0.3) is 5.91 Å². The fourth-order valence-corrected chi connectivity index (χ4v) is 2.47. The highest BCUT2D eigenvalue weighted by atomic mass is 19.1. The molecule has 3 rings (SSSR count). The van der Waals surface area contributed by atoms with Crippen molar-refractivity contribution in [3.05, 3.63) is 59.4 Å². The number of rotatable bonds is 2. The lowest BCUT2D eigenvalue weighted by atomic mass is 9.97. The zero-order chi connectivity index (χ0) is 14.8. The number of carbonyl (C=O) groups excluding carboxylic acids is 1. The van der Waals surface area contributed by atoms with Crippen molar-refractivity contribution in [2.24, 2.45) is 0 Å². The number of anilines is 1. The summed E-state index contributed by atoms with van der Waals surface area (Å²) in [5.41, 5.74) is 2.09. The average molecular weight is 287 g/mol. The van der Waals surface area contributed by atoms with E-state index in [2.05, 4.69) is 5.32 Å². The molecule has 2 N–H and O–H groups in total. The van der Waals surface area contributed by atoms with E-state index < -0.39 is 11.9 Å². The van der Waals surface area contributed by atoms with Gasteiger partial charge in [-0.1, -0.05) is 24.3 Å². The van der Waals surface area contributed by atoms with Crippen molar-refractivity contribution in [3.63, 3.8) is 0 Å². The summed E-state index contributed by atoms with van der Waals surface area (Å²) < 4.78 is 18.7. The van der Waals surface area contributed by atoms with E-state index in [4.69, 9.17) is 4.74 Å². The molecule has 0 aliphatic carbocycles. The van der Waals surface area contributed by atoms with Crippen LogP contribution in [0.1, 0.15) is 17.2 Å². The van der Waals surface area contributed by atoms with Gasteiger partial charge >= 0.3 is 0 Å². The molecule has 0 fully saturated rings. The van der Waals surface area contributed by atoms with Crippen LogP contribution < -0.4 is 5.32 Å². The first kappa shape index (κ1) is 13.6. The van der Waals surface area contributed by atoms with Crippen molar-refractivity contribution >= 4 is 11.6 Å². The molecular weight excluding hydrogens is 273 g/mol. The molecule has 1 heterocycles. The Morgan fingerprint density at radius 3 is 2.90 bits per heavy atom. The molecule has 0 aromatic heterocycles. The van der Waals surface area contributed by atoms with Crippen LogP contribution in [0, 0.1) is 5.82 Å². The van der Waals surface area contributed by atoms with E-state index in [0.717, 1.165) is 29.7 Å². The summed E-state index contributed by atoms with van der Waals surface area (Å²) in [5, 5.41) is 11.9. The molecule has 2 aromatic carbocycles. The minimum atomic E-state index is -0.722. The van der Waals surface area contributed by atoms with Crippen LogP contribution in [0.15, 0.2) is 42.5 Å². The standard InChI is InChI=1S/C16H14FNO3/c17-11-7-12(9-13(19)8-11)18-16(20)15-14-4-2-1-3-10(14)5-6-21-15/h1-4,7-9,15,19H,5-6H2,(H,18,20). The summed E-state index contributed by atoms with van der Waals surface area (Å²) in [6, 6.07) is 11.0. The quantitative estimate of drug-likeness (QED) is 0.893. The predicted octanol–water partition coefficient (Wildman–Crippen LogP) is 2.78. The zero-order valence-corrected chi connectivity index (χ0v) is 11.2. The van der Waals surface area contributed by atoms with E-state index in [1.807, 2.05) is 24.3 Å². The number of phenols is 1. The number of fused-ring (bicyclic) bond motifs is 1. The van der Waals surface area contributed by atoms with Crippen LogP contribution in [0.3, 0.4) is 0 Å². The van der Waals surface area contributed by atoms with Crippen molar-refractivity contribution in [3.8, 4) is 5.75 Å². The molecule has 0 radical (unpaired) electrons. The minimum Gasteiger partial charge on any atom is -0.508 e. The molecule has 0 bridgehead atoms. The van der Waals surface area contributed by atoms with Gasteiger partial charge in [-0.25, -0.2) is 4.39 Å². The van der Waals surface area contributed by atoms with E-state index in [9.17, 15) is 14.3 Å². The van der Waals surface area contributed by atoms with Gasteiger partial charge in [0.15, 0.2) is 6.10 Å². The first-order valence-electron chi connectivity index (χ1n) is 6.63. The van der Waals surface area contributed by atoms with Gasteiger partial charge in [-0.3, -0.25) is 4.79 Å². The van der Waals surface area contributed by atoms with E-state index in [0.29, 0.717) is 6.61 Å². The van der Waals surface area contributed by atoms with Crippen molar-refractivity contribution in [1.82, 2.24) is 0 Å². The van der Waals surface area contributed by atoms with Gasteiger partial charge in [0.2, 0.25) is 0 Å². The molecule has 0 saturated heterocycles. The SMILES string of the molecule is O=C(Nc1cc(O)cc(F)c1)C1OCCc2ccccc21. The highest BCUT2D eigenvalue weighted by molar-refractivity contribution is 5.95. The Morgan fingerprint density at radius 2 is 2.10 bits per heavy atom. The summed E-state index contributed by atoms with van der Waals surface area (Å²) in [6.45, 7) is 0.462. The number of benzene rings is 2. The van der Waals surface area contributed by atoms with Crippen LogP contribution in [0.2, 0.25) is 0 Å². The van der Waals surface area contributed by atoms with E-state index in [-0.39, 0.29) is 17.3 Å². The minimum absolute atomic E-state index is 0.198. The second-order valence-electron chi connectivity index (χ2n) is 4.89. The molecule has 108 valence electrons. The number of aromatic hydroxyl groups is 1. The summed E-state index contributed by atoms with van der Waals surface area (Å²) in [5.74, 6) is -1.24. The lowest BCUT2D eigenvalue weighted by Gasteiger charge is -2.25. The number of hydrogen-bond donors (Lipinski definition) is 2. The van der Waals surface area contributed by atoms with Crippen LogP contribution in [0.5, 0.6) is 5.75 Å². The number of nitrogens with one attached hydrogen (secondary N) is 1. The van der Waals surface area contributed by atoms with E-state index in [1.165, 1.54) is 6.07 Å². The molecule has 1 aliphatic rings. The third-order valence-corrected chi connectivity index (χ3v) is 3.38. The zero-order valence-electron chi connectivity index (χ0n) is 11.2. The number of phenolic OH excluding ortho intramolecular Hbond substituents is 1. The molecule has 1 aliphatic heterocycles. The highest BCUT2D eigenvalue weighted by Gasteiger charge is 2.27. The van der Waals surface area contributed by atoms with Crippen LogP contribution >= 0.6 is 0 Å². The fourth-order valence-electron chi connectivity index (χ4n) is 2.47.